The monoisotopic (exact) mass is 598 g/mol. The summed E-state index contributed by atoms with van der Waals surface area (Å²) >= 11 is 0. The third kappa shape index (κ3) is 5.46. The number of phenolic OH excluding ortho intramolecular Hbond substituents is 2. The molecular formula is C31H34N8O5. The highest BCUT2D eigenvalue weighted by Gasteiger charge is 2.41. The summed E-state index contributed by atoms with van der Waals surface area (Å²) in [5.74, 6) is -1.12. The summed E-state index contributed by atoms with van der Waals surface area (Å²) in [6.45, 7) is 3.89. The van der Waals surface area contributed by atoms with Gasteiger partial charge in [-0.3, -0.25) is 15.0 Å². The SMILES string of the molecule is CC(C)(C(=O)N1CCCC1C(N)=O)c1cc(-c2nc3ccc(C(=N)N)cc3[nH]2)c(O)c(-c2cc(CNC(N)=O)ccc2O)c1. The zero-order valence-electron chi connectivity index (χ0n) is 24.3. The molecule has 0 radical (unpaired) electrons. The fourth-order valence-corrected chi connectivity index (χ4v) is 5.57. The van der Waals surface area contributed by atoms with Crippen LogP contribution in [0.1, 0.15) is 43.4 Å². The lowest BCUT2D eigenvalue weighted by Crippen LogP contribution is -2.50. The lowest BCUT2D eigenvalue weighted by atomic mass is 9.80. The number of hydrogen-bond acceptors (Lipinski definition) is 7. The van der Waals surface area contributed by atoms with E-state index in [1.165, 1.54) is 11.0 Å². The van der Waals surface area contributed by atoms with Crippen LogP contribution in [0.25, 0.3) is 33.5 Å². The van der Waals surface area contributed by atoms with Gasteiger partial charge in [-0.15, -0.1) is 0 Å². The molecule has 11 N–H and O–H groups in total. The molecule has 1 atom stereocenters. The number of aromatic nitrogens is 2. The first-order valence-corrected chi connectivity index (χ1v) is 14.0. The Hall–Kier alpha value is -5.59. The third-order valence-electron chi connectivity index (χ3n) is 8.07. The molecule has 228 valence electrons. The van der Waals surface area contributed by atoms with Crippen LogP contribution in [-0.4, -0.2) is 61.3 Å². The van der Waals surface area contributed by atoms with Crippen molar-refractivity contribution in [2.45, 2.75) is 44.7 Å². The van der Waals surface area contributed by atoms with Gasteiger partial charge in [0.15, 0.2) is 0 Å². The van der Waals surface area contributed by atoms with Crippen LogP contribution in [0.4, 0.5) is 4.79 Å². The average molecular weight is 599 g/mol. The minimum absolute atomic E-state index is 0.0748. The van der Waals surface area contributed by atoms with E-state index < -0.39 is 23.4 Å². The summed E-state index contributed by atoms with van der Waals surface area (Å²) in [7, 11) is 0. The van der Waals surface area contributed by atoms with Crippen molar-refractivity contribution < 1.29 is 24.6 Å². The lowest BCUT2D eigenvalue weighted by molar-refractivity contribution is -0.141. The van der Waals surface area contributed by atoms with Gasteiger partial charge in [-0.05, 0) is 80.3 Å². The van der Waals surface area contributed by atoms with Crippen LogP contribution in [0.5, 0.6) is 11.5 Å². The van der Waals surface area contributed by atoms with E-state index in [0.717, 1.165) is 0 Å². The molecule has 1 aliphatic heterocycles. The lowest BCUT2D eigenvalue weighted by Gasteiger charge is -2.33. The second-order valence-electron chi connectivity index (χ2n) is 11.4. The molecule has 13 heteroatoms. The Morgan fingerprint density at radius 3 is 2.45 bits per heavy atom. The number of nitrogen functional groups attached to an aromatic ring is 1. The second-order valence-corrected chi connectivity index (χ2v) is 11.4. The molecule has 13 nitrogen and oxygen atoms in total. The first-order chi connectivity index (χ1) is 20.8. The Morgan fingerprint density at radius 2 is 1.77 bits per heavy atom. The van der Waals surface area contributed by atoms with Gasteiger partial charge in [0.05, 0.1) is 22.0 Å². The van der Waals surface area contributed by atoms with Gasteiger partial charge in [0, 0.05) is 29.8 Å². The summed E-state index contributed by atoms with van der Waals surface area (Å²) in [5, 5.41) is 32.9. The van der Waals surface area contributed by atoms with Crippen molar-refractivity contribution in [1.82, 2.24) is 20.2 Å². The number of carbonyl (C=O) groups is 3. The molecule has 4 aromatic rings. The Kier molecular flexibility index (Phi) is 7.64. The number of nitrogens with one attached hydrogen (secondary N) is 3. The molecule has 1 unspecified atom stereocenters. The molecule has 1 fully saturated rings. The molecule has 2 heterocycles. The van der Waals surface area contributed by atoms with Crippen molar-refractivity contribution in [1.29, 1.82) is 5.41 Å². The number of amidine groups is 1. The van der Waals surface area contributed by atoms with E-state index in [0.29, 0.717) is 47.1 Å². The highest BCUT2D eigenvalue weighted by Crippen LogP contribution is 2.45. The summed E-state index contributed by atoms with van der Waals surface area (Å²) in [4.78, 5) is 46.7. The fraction of sp³-hybridized carbons (Fsp3) is 0.258. The molecule has 44 heavy (non-hydrogen) atoms. The van der Waals surface area contributed by atoms with Crippen LogP contribution >= 0.6 is 0 Å². The summed E-state index contributed by atoms with van der Waals surface area (Å²) < 4.78 is 0. The summed E-state index contributed by atoms with van der Waals surface area (Å²) in [6.07, 6.45) is 1.12. The predicted molar refractivity (Wildman–Crippen MR) is 165 cm³/mol. The molecule has 4 amide bonds. The quantitative estimate of drug-likeness (QED) is 0.111. The number of urea groups is 1. The first-order valence-electron chi connectivity index (χ1n) is 14.0. The highest BCUT2D eigenvalue weighted by atomic mass is 16.3. The summed E-state index contributed by atoms with van der Waals surface area (Å²) in [5.41, 5.74) is 18.7. The number of nitrogens with zero attached hydrogens (tertiary/aromatic N) is 2. The van der Waals surface area contributed by atoms with Crippen LogP contribution < -0.4 is 22.5 Å². The van der Waals surface area contributed by atoms with Gasteiger partial charge < -0.3 is 42.6 Å². The molecule has 0 saturated carbocycles. The maximum Gasteiger partial charge on any atom is 0.312 e. The molecule has 0 spiro atoms. The number of carbonyl (C=O) groups excluding carboxylic acids is 3. The van der Waals surface area contributed by atoms with Gasteiger partial charge in [0.25, 0.3) is 0 Å². The van der Waals surface area contributed by atoms with E-state index in [2.05, 4.69) is 15.3 Å². The van der Waals surface area contributed by atoms with Crippen LogP contribution in [0.3, 0.4) is 0 Å². The Balaban J connectivity index is 1.70. The number of imidazole rings is 1. The van der Waals surface area contributed by atoms with Crippen molar-refractivity contribution in [3.8, 4) is 34.0 Å². The topological polar surface area (TPSA) is 238 Å². The standard InChI is InChI=1S/C31H34N8O5/c1-31(2,29(43)39-9-3-4-23(39)27(34)42)17-12-19(18-10-15(5-8-24(18)40)14-36-30(35)44)25(41)20(13-17)28-37-21-7-6-16(26(32)33)11-22(21)38-28/h5-8,10-13,23,40-41H,3-4,9,14H2,1-2H3,(H3,32,33)(H2,34,42)(H,37,38)(H3,35,36,44). The number of fused-ring (bicyclic) bond motifs is 1. The van der Waals surface area contributed by atoms with E-state index in [-0.39, 0.29) is 52.3 Å². The zero-order chi connectivity index (χ0) is 31.9. The molecule has 1 aromatic heterocycles. The third-order valence-corrected chi connectivity index (χ3v) is 8.07. The van der Waals surface area contributed by atoms with Gasteiger partial charge in [-0.2, -0.15) is 0 Å². The molecule has 0 aliphatic carbocycles. The number of H-pyrrole nitrogens is 1. The van der Waals surface area contributed by atoms with Crippen molar-refractivity contribution in [3.05, 3.63) is 65.2 Å². The number of hydrogen-bond donors (Lipinski definition) is 8. The number of nitrogens with two attached hydrogens (primary N) is 3. The number of aromatic hydroxyl groups is 2. The second kappa shape index (κ2) is 11.2. The molecule has 0 bridgehead atoms. The van der Waals surface area contributed by atoms with E-state index in [1.54, 1.807) is 56.3 Å². The molecular weight excluding hydrogens is 564 g/mol. The molecule has 1 aliphatic rings. The highest BCUT2D eigenvalue weighted by molar-refractivity contribution is 5.99. The van der Waals surface area contributed by atoms with Crippen molar-refractivity contribution in [2.75, 3.05) is 6.54 Å². The summed E-state index contributed by atoms with van der Waals surface area (Å²) in [6, 6.07) is 11.5. The Morgan fingerprint density at radius 1 is 1.05 bits per heavy atom. The van der Waals surface area contributed by atoms with Crippen molar-refractivity contribution >= 4 is 34.7 Å². The van der Waals surface area contributed by atoms with Crippen LogP contribution in [0, 0.1) is 5.41 Å². The van der Waals surface area contributed by atoms with E-state index in [4.69, 9.17) is 22.6 Å². The van der Waals surface area contributed by atoms with E-state index in [9.17, 15) is 24.6 Å². The number of benzene rings is 3. The number of primary amides is 2. The van der Waals surface area contributed by atoms with Gasteiger partial charge in [0.2, 0.25) is 11.8 Å². The number of rotatable bonds is 8. The van der Waals surface area contributed by atoms with Gasteiger partial charge in [-0.25, -0.2) is 9.78 Å². The maximum absolute atomic E-state index is 14.0. The maximum atomic E-state index is 14.0. The minimum Gasteiger partial charge on any atom is -0.507 e. The van der Waals surface area contributed by atoms with Crippen LogP contribution in [0.2, 0.25) is 0 Å². The van der Waals surface area contributed by atoms with Crippen LogP contribution in [-0.2, 0) is 21.5 Å². The zero-order valence-corrected chi connectivity index (χ0v) is 24.3. The van der Waals surface area contributed by atoms with E-state index >= 15 is 0 Å². The minimum atomic E-state index is -1.20. The molecule has 1 saturated heterocycles. The average Bonchev–Trinajstić information content (AvgIpc) is 3.63. The van der Waals surface area contributed by atoms with Gasteiger partial charge in [-0.1, -0.05) is 6.07 Å². The number of amides is 4. The fourth-order valence-electron chi connectivity index (χ4n) is 5.57. The first kappa shape index (κ1) is 29.9. The Labute approximate surface area is 252 Å². The van der Waals surface area contributed by atoms with Gasteiger partial charge >= 0.3 is 6.03 Å². The molecule has 5 rings (SSSR count). The van der Waals surface area contributed by atoms with E-state index in [1.807, 2.05) is 0 Å². The van der Waals surface area contributed by atoms with Gasteiger partial charge in [0.1, 0.15) is 29.2 Å². The predicted octanol–water partition coefficient (Wildman–Crippen LogP) is 2.51. The number of phenols is 2. The number of aromatic amines is 1. The van der Waals surface area contributed by atoms with Crippen LogP contribution in [0.15, 0.2) is 48.5 Å². The smallest absolute Gasteiger partial charge is 0.312 e. The largest absolute Gasteiger partial charge is 0.507 e. The molecule has 3 aromatic carbocycles. The van der Waals surface area contributed by atoms with Crippen molar-refractivity contribution in [3.63, 3.8) is 0 Å². The normalized spacial score (nSPS) is 15.0. The van der Waals surface area contributed by atoms with Crippen molar-refractivity contribution in [2.24, 2.45) is 17.2 Å². The number of likely N-dealkylation sites (tertiary alicyclic amines) is 1. The Bertz CT molecular complexity index is 1830.